The zero-order valence-corrected chi connectivity index (χ0v) is 39.8. The Kier molecular flexibility index (Phi) is 16.5. The minimum absolute atomic E-state index is 0.00253. The Hall–Kier alpha value is -4.68. The summed E-state index contributed by atoms with van der Waals surface area (Å²) in [6.45, 7) is 24.0. The monoisotopic (exact) mass is 888 g/mol. The second kappa shape index (κ2) is 20.4. The SMILES string of the molecule is CC(C)(C)OC(=O)N1CCN(CC(O)(CCN2C(=O)c3ccccc3C2=O)CN2CCN(C(=O)OC(C)(C)C)CCN(C(=O)OC(C)(C)C)CC2)CCN(C(=O)OC(C)(C)C)CC1. The molecule has 1 N–H and O–H groups in total. The van der Waals surface area contributed by atoms with Crippen molar-refractivity contribution < 1.29 is 52.8 Å². The minimum atomic E-state index is -1.63. The molecule has 3 aliphatic heterocycles. The highest BCUT2D eigenvalue weighted by Crippen LogP contribution is 2.26. The molecular weight excluding hydrogens is 815 g/mol. The predicted molar refractivity (Wildman–Crippen MR) is 235 cm³/mol. The lowest BCUT2D eigenvalue weighted by Crippen LogP contribution is -2.55. The van der Waals surface area contributed by atoms with Gasteiger partial charge in [0.05, 0.1) is 16.7 Å². The molecule has 6 amide bonds. The number of β-amino-alcohol motifs (C(OH)–C–C–N with tert-alkyl or cyclic N) is 1. The van der Waals surface area contributed by atoms with E-state index in [4.69, 9.17) is 18.9 Å². The molecule has 0 aliphatic carbocycles. The summed E-state index contributed by atoms with van der Waals surface area (Å²) in [5, 5.41) is 13.0. The van der Waals surface area contributed by atoms with Crippen molar-refractivity contribution >= 4 is 36.2 Å². The lowest BCUT2D eigenvalue weighted by molar-refractivity contribution is -0.0375. The molecule has 0 radical (unpaired) electrons. The number of amides is 6. The van der Waals surface area contributed by atoms with Crippen LogP contribution in [0.1, 0.15) is 110 Å². The molecule has 0 saturated carbocycles. The first-order chi connectivity index (χ1) is 29.0. The predicted octanol–water partition coefficient (Wildman–Crippen LogP) is 4.98. The van der Waals surface area contributed by atoms with Crippen LogP contribution in [0, 0.1) is 0 Å². The van der Waals surface area contributed by atoms with Crippen molar-refractivity contribution in [1.29, 1.82) is 0 Å². The Labute approximate surface area is 373 Å². The van der Waals surface area contributed by atoms with E-state index in [1.807, 2.05) is 9.80 Å². The standard InChI is InChI=1S/C45H73N7O11/c1-41(2,3)60-37(55)48-23-19-46(20-24-49(28-27-48)38(56)61-42(4,5)6)31-45(59,17-18-52-35(53)33-15-13-14-16-34(33)36(52)54)32-47-21-25-50(39(57)62-43(7,8)9)29-30-51(26-22-47)40(58)63-44(10,11)12/h13-16,59H,17-32H2,1-12H3. The van der Waals surface area contributed by atoms with E-state index in [-0.39, 0.29) is 105 Å². The van der Waals surface area contributed by atoms with Crippen LogP contribution >= 0.6 is 0 Å². The van der Waals surface area contributed by atoms with Gasteiger partial charge in [-0.3, -0.25) is 24.3 Å². The summed E-state index contributed by atoms with van der Waals surface area (Å²) < 4.78 is 23.0. The van der Waals surface area contributed by atoms with E-state index in [0.717, 1.165) is 4.90 Å². The number of benzene rings is 1. The molecule has 0 atom stereocenters. The highest BCUT2D eigenvalue weighted by molar-refractivity contribution is 6.21. The van der Waals surface area contributed by atoms with Crippen LogP contribution in [-0.2, 0) is 18.9 Å². The largest absolute Gasteiger partial charge is 0.444 e. The summed E-state index contributed by atoms with van der Waals surface area (Å²) in [6.07, 6.45) is -2.22. The van der Waals surface area contributed by atoms with Gasteiger partial charge < -0.3 is 43.7 Å². The third-order valence-electron chi connectivity index (χ3n) is 10.3. The maximum atomic E-state index is 13.5. The number of carbonyl (C=O) groups is 6. The molecule has 18 heteroatoms. The van der Waals surface area contributed by atoms with Crippen LogP contribution in [0.3, 0.4) is 0 Å². The molecule has 2 fully saturated rings. The average Bonchev–Trinajstić information content (AvgIpc) is 3.47. The smallest absolute Gasteiger partial charge is 0.410 e. The molecule has 0 bridgehead atoms. The van der Waals surface area contributed by atoms with Gasteiger partial charge in [-0.15, -0.1) is 0 Å². The van der Waals surface area contributed by atoms with E-state index < -0.39 is 64.2 Å². The molecule has 354 valence electrons. The van der Waals surface area contributed by atoms with Crippen LogP contribution in [-0.4, -0.2) is 202 Å². The van der Waals surface area contributed by atoms with E-state index in [9.17, 15) is 33.9 Å². The minimum Gasteiger partial charge on any atom is -0.444 e. The van der Waals surface area contributed by atoms with Gasteiger partial charge in [-0.2, -0.15) is 0 Å². The third-order valence-corrected chi connectivity index (χ3v) is 10.3. The summed E-state index contributed by atoms with van der Waals surface area (Å²) >= 11 is 0. The summed E-state index contributed by atoms with van der Waals surface area (Å²) in [5.41, 5.74) is -4.12. The Morgan fingerprint density at radius 1 is 0.476 bits per heavy atom. The van der Waals surface area contributed by atoms with Gasteiger partial charge in [0.25, 0.3) is 11.8 Å². The van der Waals surface area contributed by atoms with Gasteiger partial charge in [0.15, 0.2) is 0 Å². The van der Waals surface area contributed by atoms with Crippen LogP contribution in [0.15, 0.2) is 24.3 Å². The second-order valence-electron chi connectivity index (χ2n) is 20.7. The van der Waals surface area contributed by atoms with Gasteiger partial charge in [0.1, 0.15) is 22.4 Å². The fraction of sp³-hybridized carbons (Fsp3) is 0.733. The van der Waals surface area contributed by atoms with Crippen molar-refractivity contribution in [1.82, 2.24) is 34.3 Å². The molecule has 0 spiro atoms. The molecule has 2 saturated heterocycles. The second-order valence-corrected chi connectivity index (χ2v) is 20.7. The van der Waals surface area contributed by atoms with Crippen LogP contribution in [0.2, 0.25) is 0 Å². The summed E-state index contributed by atoms with van der Waals surface area (Å²) in [5.74, 6) is -0.907. The number of fused-ring (bicyclic) bond motifs is 1. The summed E-state index contributed by atoms with van der Waals surface area (Å²) in [4.78, 5) is 92.3. The Bertz CT molecular complexity index is 1600. The molecule has 0 aromatic heterocycles. The van der Waals surface area contributed by atoms with E-state index in [1.165, 1.54) is 19.6 Å². The summed E-state index contributed by atoms with van der Waals surface area (Å²) in [7, 11) is 0. The average molecular weight is 888 g/mol. The topological polar surface area (TPSA) is 182 Å². The first kappa shape index (κ1) is 51.0. The van der Waals surface area contributed by atoms with E-state index >= 15 is 0 Å². The third kappa shape index (κ3) is 16.1. The number of imide groups is 1. The fourth-order valence-electron chi connectivity index (χ4n) is 7.36. The molecule has 3 aliphatic rings. The van der Waals surface area contributed by atoms with Crippen LogP contribution in [0.5, 0.6) is 0 Å². The molecule has 1 aromatic rings. The van der Waals surface area contributed by atoms with Crippen molar-refractivity contribution in [3.63, 3.8) is 0 Å². The van der Waals surface area contributed by atoms with Gasteiger partial charge >= 0.3 is 24.4 Å². The molecule has 1 aromatic carbocycles. The first-order valence-corrected chi connectivity index (χ1v) is 22.1. The number of hydrogen-bond donors (Lipinski definition) is 1. The van der Waals surface area contributed by atoms with E-state index in [2.05, 4.69) is 0 Å². The molecule has 18 nitrogen and oxygen atoms in total. The number of aliphatic hydroxyl groups is 1. The van der Waals surface area contributed by atoms with Crippen LogP contribution < -0.4 is 0 Å². The lowest BCUT2D eigenvalue weighted by Gasteiger charge is -2.39. The van der Waals surface area contributed by atoms with Crippen molar-refractivity contribution in [2.75, 3.05) is 98.2 Å². The van der Waals surface area contributed by atoms with Crippen LogP contribution in [0.25, 0.3) is 0 Å². The van der Waals surface area contributed by atoms with Crippen molar-refractivity contribution in [3.05, 3.63) is 35.4 Å². The zero-order chi connectivity index (χ0) is 47.1. The summed E-state index contributed by atoms with van der Waals surface area (Å²) in [6, 6.07) is 6.60. The number of nitrogens with zero attached hydrogens (tertiary/aromatic N) is 7. The van der Waals surface area contributed by atoms with E-state index in [0.29, 0.717) is 11.1 Å². The van der Waals surface area contributed by atoms with Crippen molar-refractivity contribution in [2.45, 2.75) is 118 Å². The quantitative estimate of drug-likeness (QED) is 0.286. The van der Waals surface area contributed by atoms with Crippen LogP contribution in [0.4, 0.5) is 19.2 Å². The Morgan fingerprint density at radius 2 is 0.730 bits per heavy atom. The van der Waals surface area contributed by atoms with E-state index in [1.54, 1.807) is 107 Å². The number of rotatable bonds is 7. The van der Waals surface area contributed by atoms with Gasteiger partial charge in [-0.05, 0) is 102 Å². The maximum Gasteiger partial charge on any atom is 0.410 e. The van der Waals surface area contributed by atoms with Gasteiger partial charge in [0.2, 0.25) is 0 Å². The molecule has 3 heterocycles. The lowest BCUT2D eigenvalue weighted by atomic mass is 9.96. The number of hydrogen-bond acceptors (Lipinski definition) is 13. The van der Waals surface area contributed by atoms with Gasteiger partial charge in [-0.1, -0.05) is 12.1 Å². The molecule has 4 rings (SSSR count). The number of ether oxygens (including phenoxy) is 4. The van der Waals surface area contributed by atoms with Gasteiger partial charge in [0, 0.05) is 98.2 Å². The molecule has 0 unspecified atom stereocenters. The molecular formula is C45H73N7O11. The number of carbonyl (C=O) groups excluding carboxylic acids is 6. The van der Waals surface area contributed by atoms with Crippen molar-refractivity contribution in [2.24, 2.45) is 0 Å². The highest BCUT2D eigenvalue weighted by Gasteiger charge is 2.40. The fourth-order valence-corrected chi connectivity index (χ4v) is 7.36. The van der Waals surface area contributed by atoms with Crippen molar-refractivity contribution in [3.8, 4) is 0 Å². The normalized spacial score (nSPS) is 18.4. The molecule has 63 heavy (non-hydrogen) atoms. The first-order valence-electron chi connectivity index (χ1n) is 22.1. The maximum absolute atomic E-state index is 13.5. The highest BCUT2D eigenvalue weighted by atomic mass is 16.6. The van der Waals surface area contributed by atoms with Gasteiger partial charge in [-0.25, -0.2) is 19.2 Å². The zero-order valence-electron chi connectivity index (χ0n) is 39.8. The Morgan fingerprint density at radius 3 is 0.984 bits per heavy atom. The Balaban J connectivity index is 1.69.